The zero-order valence-electron chi connectivity index (χ0n) is 13.6. The normalized spacial score (nSPS) is 13.0. The minimum Gasteiger partial charge on any atom is -0.330 e. The molecule has 0 bridgehead atoms. The number of nitrogens with two attached hydrogens (primary N) is 1. The summed E-state index contributed by atoms with van der Waals surface area (Å²) < 4.78 is 51.6. The molecular weight excluding hydrogens is 362 g/mol. The van der Waals surface area contributed by atoms with Crippen molar-refractivity contribution in [2.75, 3.05) is 27.2 Å². The van der Waals surface area contributed by atoms with Crippen LogP contribution in [0.25, 0.3) is 0 Å². The maximum atomic E-state index is 12.5. The van der Waals surface area contributed by atoms with Gasteiger partial charge in [-0.2, -0.15) is 0 Å². The lowest BCUT2D eigenvalue weighted by molar-refractivity contribution is 0.292. The van der Waals surface area contributed by atoms with Gasteiger partial charge in [0.05, 0.1) is 9.79 Å². The first-order chi connectivity index (χ1) is 9.96. The molecule has 134 valence electrons. The predicted molar refractivity (Wildman–Crippen MR) is 92.6 cm³/mol. The minimum atomic E-state index is -3.69. The number of hydrogen-bond acceptors (Lipinski definition) is 5. The van der Waals surface area contributed by atoms with Gasteiger partial charge in [-0.05, 0) is 43.3 Å². The maximum absolute atomic E-state index is 12.5. The second kappa shape index (κ2) is 7.91. The summed E-state index contributed by atoms with van der Waals surface area (Å²) in [5, 5.41) is 0. The van der Waals surface area contributed by atoms with E-state index in [0.29, 0.717) is 6.54 Å². The van der Waals surface area contributed by atoms with E-state index in [1.54, 1.807) is 0 Å². The second-order valence-electron chi connectivity index (χ2n) is 5.81. The van der Waals surface area contributed by atoms with Crippen LogP contribution in [0.3, 0.4) is 0 Å². The van der Waals surface area contributed by atoms with E-state index in [-0.39, 0.29) is 34.2 Å². The van der Waals surface area contributed by atoms with Crippen LogP contribution in [0.15, 0.2) is 34.1 Å². The van der Waals surface area contributed by atoms with Crippen LogP contribution in [0.4, 0.5) is 0 Å². The Morgan fingerprint density at radius 2 is 1.52 bits per heavy atom. The summed E-state index contributed by atoms with van der Waals surface area (Å²) in [5.41, 5.74) is 5.27. The van der Waals surface area contributed by atoms with Crippen molar-refractivity contribution >= 4 is 32.5 Å². The summed E-state index contributed by atoms with van der Waals surface area (Å²) in [7, 11) is -4.51. The van der Waals surface area contributed by atoms with Crippen molar-refractivity contribution in [1.29, 1.82) is 0 Å². The topological polar surface area (TPSA) is 110 Å². The molecule has 0 aliphatic carbocycles. The van der Waals surface area contributed by atoms with Crippen molar-refractivity contribution in [2.24, 2.45) is 11.1 Å². The van der Waals surface area contributed by atoms with E-state index >= 15 is 0 Å². The van der Waals surface area contributed by atoms with Crippen molar-refractivity contribution < 1.29 is 16.8 Å². The highest BCUT2D eigenvalue weighted by atomic mass is 35.5. The van der Waals surface area contributed by atoms with Crippen LogP contribution in [0.1, 0.15) is 13.8 Å². The third-order valence-electron chi connectivity index (χ3n) is 3.31. The van der Waals surface area contributed by atoms with E-state index < -0.39 is 20.0 Å². The monoisotopic (exact) mass is 385 g/mol. The van der Waals surface area contributed by atoms with Gasteiger partial charge in [-0.1, -0.05) is 13.8 Å². The fourth-order valence-electron chi connectivity index (χ4n) is 1.84. The molecule has 3 N–H and O–H groups in total. The molecule has 0 radical (unpaired) electrons. The maximum Gasteiger partial charge on any atom is 0.242 e. The summed E-state index contributed by atoms with van der Waals surface area (Å²) in [5.74, 6) is 0. The van der Waals surface area contributed by atoms with E-state index in [1.807, 2.05) is 13.8 Å². The minimum absolute atomic E-state index is 0. The lowest BCUT2D eigenvalue weighted by Crippen LogP contribution is -2.39. The molecule has 10 heteroatoms. The molecule has 7 nitrogen and oxygen atoms in total. The summed E-state index contributed by atoms with van der Waals surface area (Å²) in [4.78, 5) is 0.0526. The number of nitrogens with zero attached hydrogens (tertiary/aromatic N) is 1. The van der Waals surface area contributed by atoms with Crippen LogP contribution in [-0.2, 0) is 20.0 Å². The van der Waals surface area contributed by atoms with Gasteiger partial charge in [-0.25, -0.2) is 25.9 Å². The Hall–Kier alpha value is -0.710. The van der Waals surface area contributed by atoms with E-state index in [1.165, 1.54) is 42.7 Å². The summed E-state index contributed by atoms with van der Waals surface area (Å²) in [6.07, 6.45) is 0. The molecular formula is C13H24ClN3O4S2. The zero-order valence-corrected chi connectivity index (χ0v) is 16.1. The molecule has 0 heterocycles. The lowest BCUT2D eigenvalue weighted by atomic mass is 9.94. The standard InChI is InChI=1S/C13H23N3O4S2.ClH/c1-13(2,9-14)10-16(4)22(19,20)12-7-5-11(6-8-12)21(17,18)15-3;/h5-8,15H,9-10,14H2,1-4H3;1H. The van der Waals surface area contributed by atoms with E-state index in [4.69, 9.17) is 5.73 Å². The molecule has 0 aliphatic rings. The fraction of sp³-hybridized carbons (Fsp3) is 0.538. The highest BCUT2D eigenvalue weighted by molar-refractivity contribution is 7.89. The molecule has 0 aromatic heterocycles. The van der Waals surface area contributed by atoms with Gasteiger partial charge in [0.15, 0.2) is 0 Å². The van der Waals surface area contributed by atoms with Crippen molar-refractivity contribution in [2.45, 2.75) is 23.6 Å². The van der Waals surface area contributed by atoms with Crippen LogP contribution < -0.4 is 10.5 Å². The summed E-state index contributed by atoms with van der Waals surface area (Å²) in [6, 6.07) is 5.10. The molecule has 0 saturated heterocycles. The van der Waals surface area contributed by atoms with E-state index in [9.17, 15) is 16.8 Å². The Morgan fingerprint density at radius 1 is 1.09 bits per heavy atom. The number of halogens is 1. The van der Waals surface area contributed by atoms with Crippen LogP contribution >= 0.6 is 12.4 Å². The van der Waals surface area contributed by atoms with E-state index in [0.717, 1.165) is 0 Å². The Bertz CT molecular complexity index is 716. The Labute approximate surface area is 144 Å². The average molecular weight is 386 g/mol. The van der Waals surface area contributed by atoms with Crippen molar-refractivity contribution in [1.82, 2.24) is 9.03 Å². The number of rotatable bonds is 7. The van der Waals surface area contributed by atoms with Crippen LogP contribution in [0, 0.1) is 5.41 Å². The quantitative estimate of drug-likeness (QED) is 0.715. The molecule has 0 atom stereocenters. The first kappa shape index (κ1) is 22.3. The van der Waals surface area contributed by atoms with Gasteiger partial charge in [0.25, 0.3) is 0 Å². The molecule has 0 amide bonds. The molecule has 0 fully saturated rings. The zero-order chi connectivity index (χ0) is 17.2. The third kappa shape index (κ3) is 5.40. The van der Waals surface area contributed by atoms with Gasteiger partial charge >= 0.3 is 0 Å². The average Bonchev–Trinajstić information content (AvgIpc) is 2.46. The summed E-state index contributed by atoms with van der Waals surface area (Å²) in [6.45, 7) is 4.37. The summed E-state index contributed by atoms with van der Waals surface area (Å²) >= 11 is 0. The number of benzene rings is 1. The van der Waals surface area contributed by atoms with Crippen molar-refractivity contribution in [3.63, 3.8) is 0 Å². The second-order valence-corrected chi connectivity index (χ2v) is 9.74. The number of nitrogens with one attached hydrogen (secondary N) is 1. The fourth-order valence-corrected chi connectivity index (χ4v) is 3.93. The molecule has 1 aromatic carbocycles. The molecule has 0 spiro atoms. The van der Waals surface area contributed by atoms with Crippen LogP contribution in [0.5, 0.6) is 0 Å². The van der Waals surface area contributed by atoms with Crippen molar-refractivity contribution in [3.8, 4) is 0 Å². The predicted octanol–water partition coefficient (Wildman–Crippen LogP) is 0.622. The molecule has 23 heavy (non-hydrogen) atoms. The highest BCUT2D eigenvalue weighted by Gasteiger charge is 2.27. The van der Waals surface area contributed by atoms with Gasteiger partial charge in [0, 0.05) is 13.6 Å². The highest BCUT2D eigenvalue weighted by Crippen LogP contribution is 2.21. The van der Waals surface area contributed by atoms with E-state index in [2.05, 4.69) is 4.72 Å². The molecule has 0 unspecified atom stereocenters. The molecule has 0 aliphatic heterocycles. The first-order valence-electron chi connectivity index (χ1n) is 6.66. The van der Waals surface area contributed by atoms with Crippen molar-refractivity contribution in [3.05, 3.63) is 24.3 Å². The molecule has 1 aromatic rings. The van der Waals surface area contributed by atoms with Gasteiger partial charge < -0.3 is 5.73 Å². The Morgan fingerprint density at radius 3 is 1.91 bits per heavy atom. The number of sulfonamides is 2. The Balaban J connectivity index is 0.00000484. The smallest absolute Gasteiger partial charge is 0.242 e. The third-order valence-corrected chi connectivity index (χ3v) is 6.56. The van der Waals surface area contributed by atoms with Crippen LogP contribution in [0.2, 0.25) is 0 Å². The SMILES string of the molecule is CNS(=O)(=O)c1ccc(S(=O)(=O)N(C)CC(C)(C)CN)cc1.Cl. The van der Waals surface area contributed by atoms with Gasteiger partial charge in [-0.3, -0.25) is 0 Å². The molecule has 0 saturated carbocycles. The largest absolute Gasteiger partial charge is 0.330 e. The lowest BCUT2D eigenvalue weighted by Gasteiger charge is -2.28. The van der Waals surface area contributed by atoms with Gasteiger partial charge in [0.1, 0.15) is 0 Å². The molecule has 1 rings (SSSR count). The first-order valence-corrected chi connectivity index (χ1v) is 9.59. The van der Waals surface area contributed by atoms with Crippen LogP contribution in [-0.4, -0.2) is 48.3 Å². The van der Waals surface area contributed by atoms with Gasteiger partial charge in [-0.15, -0.1) is 12.4 Å². The Kier molecular flexibility index (Phi) is 7.66. The van der Waals surface area contributed by atoms with Gasteiger partial charge in [0.2, 0.25) is 20.0 Å². The number of hydrogen-bond donors (Lipinski definition) is 2.